The summed E-state index contributed by atoms with van der Waals surface area (Å²) in [6, 6.07) is 23.3. The summed E-state index contributed by atoms with van der Waals surface area (Å²) in [5.74, 6) is 0.743. The smallest absolute Gasteiger partial charge is 0.269 e. The van der Waals surface area contributed by atoms with Gasteiger partial charge < -0.3 is 25.8 Å². The van der Waals surface area contributed by atoms with Gasteiger partial charge in [0.05, 0.1) is 4.92 Å². The zero-order chi connectivity index (χ0) is 23.5. The monoisotopic (exact) mass is 502 g/mol. The van der Waals surface area contributed by atoms with Gasteiger partial charge in [-0.05, 0) is 67.1 Å². The molecule has 0 aliphatic rings. The van der Waals surface area contributed by atoms with Crippen LogP contribution in [0.15, 0.2) is 78.9 Å². The number of anilines is 2. The summed E-state index contributed by atoms with van der Waals surface area (Å²) < 4.78 is 5.54. The number of aliphatic hydroxyl groups is 1. The molecule has 1 atom stereocenters. The Morgan fingerprint density at radius 3 is 2.15 bits per heavy atom. The lowest BCUT2D eigenvalue weighted by Crippen LogP contribution is -2.32. The van der Waals surface area contributed by atoms with Crippen LogP contribution >= 0.6 is 24.6 Å². The Bertz CT molecular complexity index is 1040. The maximum absolute atomic E-state index is 10.7. The van der Waals surface area contributed by atoms with Crippen molar-refractivity contribution in [2.75, 3.05) is 30.3 Å². The molecule has 0 spiro atoms. The lowest BCUT2D eigenvalue weighted by atomic mass is 10.1. The molecular weight excluding hydrogens is 476 g/mol. The first-order valence-corrected chi connectivity index (χ1v) is 10.9. The molecule has 3 rings (SSSR count). The lowest BCUT2D eigenvalue weighted by molar-refractivity contribution is -0.384. The van der Waals surface area contributed by atoms with Crippen LogP contribution in [0.1, 0.15) is 5.56 Å². The second kappa shape index (κ2) is 14.1. The molecule has 0 radical (unpaired) electrons. The third-order valence-electron chi connectivity index (χ3n) is 4.70. The molecule has 180 valence electrons. The number of non-ortho nitro benzene ring substituents is 1. The molecule has 4 N–H and O–H groups in total. The van der Waals surface area contributed by atoms with Gasteiger partial charge in [0.15, 0.2) is 5.11 Å². The number of nitrogens with zero attached hydrogens (tertiary/aromatic N) is 1. The van der Waals surface area contributed by atoms with E-state index in [1.165, 1.54) is 12.1 Å². The first-order valence-electron chi connectivity index (χ1n) is 10.5. The minimum atomic E-state index is -0.582. The van der Waals surface area contributed by atoms with Crippen molar-refractivity contribution in [2.24, 2.45) is 0 Å². The first kappa shape index (κ1) is 27.0. The Hall–Kier alpha value is -3.24. The van der Waals surface area contributed by atoms with Gasteiger partial charge in [0.2, 0.25) is 0 Å². The van der Waals surface area contributed by atoms with E-state index >= 15 is 0 Å². The molecule has 10 heteroatoms. The van der Waals surface area contributed by atoms with E-state index in [-0.39, 0.29) is 24.7 Å². The van der Waals surface area contributed by atoms with Gasteiger partial charge in [-0.25, -0.2) is 0 Å². The number of hydrogen-bond acceptors (Lipinski definition) is 6. The van der Waals surface area contributed by atoms with E-state index < -0.39 is 11.0 Å². The highest BCUT2D eigenvalue weighted by molar-refractivity contribution is 7.80. The van der Waals surface area contributed by atoms with Crippen LogP contribution in [0.25, 0.3) is 0 Å². The number of aliphatic hydroxyl groups excluding tert-OH is 1. The largest absolute Gasteiger partial charge is 0.491 e. The fraction of sp³-hybridized carbons (Fsp3) is 0.208. The number of ether oxygens (including phenoxy) is 1. The number of hydrogen-bond donors (Lipinski definition) is 4. The fourth-order valence-electron chi connectivity index (χ4n) is 2.98. The molecule has 0 unspecified atom stereocenters. The molecule has 0 aliphatic carbocycles. The van der Waals surface area contributed by atoms with Crippen LogP contribution in [0.2, 0.25) is 0 Å². The van der Waals surface area contributed by atoms with Crippen molar-refractivity contribution in [3.05, 3.63) is 94.5 Å². The Balaban J connectivity index is 0.00000408. The van der Waals surface area contributed by atoms with Crippen LogP contribution in [0.3, 0.4) is 0 Å². The Labute approximate surface area is 209 Å². The summed E-state index contributed by atoms with van der Waals surface area (Å²) in [7, 11) is 0. The molecule has 0 amide bonds. The average molecular weight is 503 g/mol. The quantitative estimate of drug-likeness (QED) is 0.132. The van der Waals surface area contributed by atoms with Gasteiger partial charge in [-0.3, -0.25) is 10.1 Å². The maximum atomic E-state index is 10.7. The number of benzene rings is 3. The predicted octanol–water partition coefficient (Wildman–Crippen LogP) is 4.40. The molecule has 3 aromatic rings. The summed E-state index contributed by atoms with van der Waals surface area (Å²) in [6.07, 6.45) is 0.235. The standard InChI is InChI=1S/C24H26N4O4S.ClH/c29-22(17-32-23-4-2-1-3-5-23)16-25-15-14-18-6-8-19(9-7-18)26-24(33)27-20-10-12-21(13-11-20)28(30)31;/h1-13,22,25,29H,14-17H2,(H2,26,27,33);1H/t22-;/m0./s1. The van der Waals surface area contributed by atoms with Gasteiger partial charge in [0.1, 0.15) is 18.5 Å². The summed E-state index contributed by atoms with van der Waals surface area (Å²) in [6.45, 7) is 1.43. The molecule has 0 saturated heterocycles. The molecule has 0 bridgehead atoms. The van der Waals surface area contributed by atoms with E-state index in [1.807, 2.05) is 54.6 Å². The Morgan fingerprint density at radius 2 is 1.56 bits per heavy atom. The molecule has 34 heavy (non-hydrogen) atoms. The van der Waals surface area contributed by atoms with Gasteiger partial charge >= 0.3 is 0 Å². The van der Waals surface area contributed by atoms with Crippen molar-refractivity contribution in [1.82, 2.24) is 5.32 Å². The molecule has 0 fully saturated rings. The van der Waals surface area contributed by atoms with Crippen LogP contribution < -0.4 is 20.7 Å². The van der Waals surface area contributed by atoms with E-state index in [9.17, 15) is 15.2 Å². The third-order valence-corrected chi connectivity index (χ3v) is 4.91. The number of para-hydroxylation sites is 1. The van der Waals surface area contributed by atoms with Crippen molar-refractivity contribution in [3.8, 4) is 5.75 Å². The van der Waals surface area contributed by atoms with E-state index in [0.717, 1.165) is 30.0 Å². The molecule has 0 aliphatic heterocycles. The van der Waals surface area contributed by atoms with Gasteiger partial charge in [-0.2, -0.15) is 0 Å². The average Bonchev–Trinajstić information content (AvgIpc) is 2.82. The van der Waals surface area contributed by atoms with Crippen molar-refractivity contribution in [1.29, 1.82) is 0 Å². The molecular formula is C24H27ClN4O4S. The molecule has 8 nitrogen and oxygen atoms in total. The SMILES string of the molecule is Cl.O=[N+]([O-])c1ccc(NC(=S)Nc2ccc(CCNC[C@H](O)COc3ccccc3)cc2)cc1. The van der Waals surface area contributed by atoms with Gasteiger partial charge in [-0.1, -0.05) is 30.3 Å². The van der Waals surface area contributed by atoms with Gasteiger partial charge in [0, 0.05) is 30.1 Å². The van der Waals surface area contributed by atoms with Crippen molar-refractivity contribution in [2.45, 2.75) is 12.5 Å². The second-order valence-electron chi connectivity index (χ2n) is 7.31. The third kappa shape index (κ3) is 9.32. The highest BCUT2D eigenvalue weighted by Crippen LogP contribution is 2.16. The molecule has 0 saturated carbocycles. The van der Waals surface area contributed by atoms with Crippen LogP contribution in [0.5, 0.6) is 5.75 Å². The molecule has 3 aromatic carbocycles. The van der Waals surface area contributed by atoms with Crippen molar-refractivity contribution >= 4 is 46.8 Å². The predicted molar refractivity (Wildman–Crippen MR) is 141 cm³/mol. The summed E-state index contributed by atoms with van der Waals surface area (Å²) in [5, 5.41) is 30.5. The Kier molecular flexibility index (Phi) is 11.2. The van der Waals surface area contributed by atoms with E-state index in [2.05, 4.69) is 16.0 Å². The minimum absolute atomic E-state index is 0. The zero-order valence-electron chi connectivity index (χ0n) is 18.3. The number of nitro groups is 1. The number of halogens is 1. The first-order chi connectivity index (χ1) is 16.0. The van der Waals surface area contributed by atoms with Crippen molar-refractivity contribution < 1.29 is 14.8 Å². The van der Waals surface area contributed by atoms with Crippen LogP contribution in [-0.4, -0.2) is 40.9 Å². The fourth-order valence-corrected chi connectivity index (χ4v) is 3.22. The number of thiocarbonyl (C=S) groups is 1. The summed E-state index contributed by atoms with van der Waals surface area (Å²) in [5.41, 5.74) is 2.67. The van der Waals surface area contributed by atoms with Crippen LogP contribution in [-0.2, 0) is 6.42 Å². The minimum Gasteiger partial charge on any atom is -0.491 e. The van der Waals surface area contributed by atoms with E-state index in [1.54, 1.807) is 12.1 Å². The molecule has 0 heterocycles. The van der Waals surface area contributed by atoms with Crippen LogP contribution in [0.4, 0.5) is 17.1 Å². The summed E-state index contributed by atoms with van der Waals surface area (Å²) in [4.78, 5) is 10.3. The highest BCUT2D eigenvalue weighted by atomic mass is 35.5. The number of nitrogens with one attached hydrogen (secondary N) is 3. The number of nitro benzene ring substituents is 1. The summed E-state index contributed by atoms with van der Waals surface area (Å²) >= 11 is 5.30. The van der Waals surface area contributed by atoms with Crippen LogP contribution in [0, 0.1) is 10.1 Å². The van der Waals surface area contributed by atoms with E-state index in [4.69, 9.17) is 17.0 Å². The maximum Gasteiger partial charge on any atom is 0.269 e. The van der Waals surface area contributed by atoms with E-state index in [0.29, 0.717) is 17.3 Å². The lowest BCUT2D eigenvalue weighted by Gasteiger charge is -2.13. The van der Waals surface area contributed by atoms with Crippen molar-refractivity contribution in [3.63, 3.8) is 0 Å². The highest BCUT2D eigenvalue weighted by Gasteiger charge is 2.06. The number of rotatable bonds is 11. The topological polar surface area (TPSA) is 109 Å². The zero-order valence-corrected chi connectivity index (χ0v) is 20.0. The van der Waals surface area contributed by atoms with Gasteiger partial charge in [-0.15, -0.1) is 12.4 Å². The normalized spacial score (nSPS) is 11.1. The Morgan fingerprint density at radius 1 is 0.971 bits per heavy atom. The second-order valence-corrected chi connectivity index (χ2v) is 7.72. The molecule has 0 aromatic heterocycles. The van der Waals surface area contributed by atoms with Gasteiger partial charge in [0.25, 0.3) is 5.69 Å².